The molecule has 4 N–H and O–H groups in total. The van der Waals surface area contributed by atoms with Crippen molar-refractivity contribution < 1.29 is 15.0 Å². The third-order valence-electron chi connectivity index (χ3n) is 3.54. The van der Waals surface area contributed by atoms with E-state index in [-0.39, 0.29) is 23.0 Å². The zero-order chi connectivity index (χ0) is 16.6. The predicted molar refractivity (Wildman–Crippen MR) is 84.4 cm³/mol. The topological polar surface area (TPSA) is 83.5 Å². The van der Waals surface area contributed by atoms with Crippen LogP contribution in [0.5, 0.6) is 5.75 Å². The summed E-state index contributed by atoms with van der Waals surface area (Å²) in [5.74, 6) is -0.454. The molecule has 21 heavy (non-hydrogen) atoms. The summed E-state index contributed by atoms with van der Waals surface area (Å²) in [6, 6.07) is 3.69. The van der Waals surface area contributed by atoms with Gasteiger partial charge in [0.2, 0.25) is 5.91 Å². The van der Waals surface area contributed by atoms with Crippen LogP contribution in [0.2, 0.25) is 0 Å². The summed E-state index contributed by atoms with van der Waals surface area (Å²) >= 11 is 0. The quantitative estimate of drug-likeness (QED) is 0.800. The minimum Gasteiger partial charge on any atom is -0.507 e. The van der Waals surface area contributed by atoms with E-state index in [1.54, 1.807) is 0 Å². The number of aromatic hydroxyl groups is 1. The van der Waals surface area contributed by atoms with Crippen molar-refractivity contribution in [1.82, 2.24) is 0 Å². The van der Waals surface area contributed by atoms with Crippen LogP contribution in [0.25, 0.3) is 0 Å². The van der Waals surface area contributed by atoms with Crippen molar-refractivity contribution in [2.24, 2.45) is 5.73 Å². The summed E-state index contributed by atoms with van der Waals surface area (Å²) in [4.78, 5) is 11.1. The fraction of sp³-hybridized carbons (Fsp3) is 0.588. The number of carbonyl (C=O) groups excluding carboxylic acids is 1. The second-order valence-corrected chi connectivity index (χ2v) is 7.66. The molecule has 118 valence electrons. The number of nitrogens with two attached hydrogens (primary N) is 1. The maximum Gasteiger partial charge on any atom is 0.246 e. The molecule has 1 atom stereocenters. The Hall–Kier alpha value is -1.55. The second kappa shape index (κ2) is 5.68. The Kier molecular flexibility index (Phi) is 4.73. The summed E-state index contributed by atoms with van der Waals surface area (Å²) in [5.41, 5.74) is 7.06. The normalized spacial score (nSPS) is 14.0. The molecule has 4 heteroatoms. The van der Waals surface area contributed by atoms with E-state index >= 15 is 0 Å². The molecule has 1 amide bonds. The summed E-state index contributed by atoms with van der Waals surface area (Å²) in [6.07, 6.45) is -1.06. The Balaban J connectivity index is 3.44. The molecule has 1 aromatic rings. The third kappa shape index (κ3) is 4.21. The molecule has 0 heterocycles. The van der Waals surface area contributed by atoms with E-state index in [0.717, 1.165) is 16.7 Å². The molecule has 0 radical (unpaired) electrons. The number of rotatable bonds is 3. The molecule has 0 saturated heterocycles. The summed E-state index contributed by atoms with van der Waals surface area (Å²) < 4.78 is 0. The zero-order valence-electron chi connectivity index (χ0n) is 13.8. The van der Waals surface area contributed by atoms with E-state index in [4.69, 9.17) is 5.73 Å². The molecule has 1 unspecified atom stereocenters. The number of carbonyl (C=O) groups is 1. The van der Waals surface area contributed by atoms with Crippen molar-refractivity contribution in [3.05, 3.63) is 28.8 Å². The average molecular weight is 293 g/mol. The lowest BCUT2D eigenvalue weighted by Gasteiger charge is -2.28. The molecule has 1 aromatic carbocycles. The number of amides is 1. The third-order valence-corrected chi connectivity index (χ3v) is 3.54. The lowest BCUT2D eigenvalue weighted by molar-refractivity contribution is -0.125. The van der Waals surface area contributed by atoms with Crippen LogP contribution in [0.3, 0.4) is 0 Å². The predicted octanol–water partition coefficient (Wildman–Crippen LogP) is 2.38. The number of hydrogen-bond donors (Lipinski definition) is 3. The first-order chi connectivity index (χ1) is 9.34. The van der Waals surface area contributed by atoms with Gasteiger partial charge in [-0.05, 0) is 27.5 Å². The molecule has 0 bridgehead atoms. The van der Waals surface area contributed by atoms with E-state index in [1.165, 1.54) is 0 Å². The highest BCUT2D eigenvalue weighted by Gasteiger charge is 2.27. The molecule has 0 aliphatic rings. The first kappa shape index (κ1) is 17.5. The number of phenolic OH excluding ortho intramolecular Hbond substituents is 1. The van der Waals surface area contributed by atoms with Crippen molar-refractivity contribution >= 4 is 5.91 Å². The minimum atomic E-state index is -1.21. The van der Waals surface area contributed by atoms with Gasteiger partial charge in [-0.25, -0.2) is 0 Å². The van der Waals surface area contributed by atoms with Crippen LogP contribution in [0.4, 0.5) is 0 Å². The minimum absolute atomic E-state index is 0.155. The van der Waals surface area contributed by atoms with Crippen LogP contribution in [0.15, 0.2) is 12.1 Å². The van der Waals surface area contributed by atoms with Crippen LogP contribution in [-0.4, -0.2) is 22.2 Å². The van der Waals surface area contributed by atoms with E-state index in [0.29, 0.717) is 0 Å². The Morgan fingerprint density at radius 1 is 1.10 bits per heavy atom. The SMILES string of the molecule is CC(C)(C)c1cc(CC(O)C(N)=O)cc(C(C)(C)C)c1O. The molecule has 0 aromatic heterocycles. The highest BCUT2D eigenvalue weighted by Crippen LogP contribution is 2.39. The number of benzene rings is 1. The van der Waals surface area contributed by atoms with Crippen LogP contribution in [0.1, 0.15) is 58.2 Å². The van der Waals surface area contributed by atoms with Crippen molar-refractivity contribution in [3.8, 4) is 5.75 Å². The van der Waals surface area contributed by atoms with E-state index in [2.05, 4.69) is 0 Å². The highest BCUT2D eigenvalue weighted by molar-refractivity contribution is 5.78. The van der Waals surface area contributed by atoms with Gasteiger partial charge in [-0.3, -0.25) is 4.79 Å². The molecule has 0 spiro atoms. The highest BCUT2D eigenvalue weighted by atomic mass is 16.3. The summed E-state index contributed by atoms with van der Waals surface area (Å²) in [5, 5.41) is 20.3. The van der Waals surface area contributed by atoms with Gasteiger partial charge in [0.05, 0.1) is 0 Å². The number of phenols is 1. The summed E-state index contributed by atoms with van der Waals surface area (Å²) in [7, 11) is 0. The molecule has 0 saturated carbocycles. The maximum atomic E-state index is 11.1. The Bertz CT molecular complexity index is 501. The smallest absolute Gasteiger partial charge is 0.246 e. The van der Waals surface area contributed by atoms with Crippen LogP contribution in [0, 0.1) is 0 Å². The number of aliphatic hydroxyl groups is 1. The van der Waals surface area contributed by atoms with E-state index in [9.17, 15) is 15.0 Å². The lowest BCUT2D eigenvalue weighted by atomic mass is 9.78. The lowest BCUT2D eigenvalue weighted by Crippen LogP contribution is -2.30. The molecule has 4 nitrogen and oxygen atoms in total. The largest absolute Gasteiger partial charge is 0.507 e. The number of aliphatic hydroxyl groups excluding tert-OH is 1. The molecular weight excluding hydrogens is 266 g/mol. The molecular formula is C17H27NO3. The molecule has 0 aliphatic carbocycles. The fourth-order valence-electron chi connectivity index (χ4n) is 2.28. The van der Waals surface area contributed by atoms with Gasteiger partial charge >= 0.3 is 0 Å². The average Bonchev–Trinajstić information content (AvgIpc) is 2.27. The monoisotopic (exact) mass is 293 g/mol. The standard InChI is InChI=1S/C17H27NO3/c1-16(2,3)11-7-10(9-13(19)15(18)21)8-12(14(11)20)17(4,5)6/h7-8,13,19-20H,9H2,1-6H3,(H2,18,21). The van der Waals surface area contributed by atoms with Gasteiger partial charge in [0, 0.05) is 6.42 Å². The van der Waals surface area contributed by atoms with E-state index < -0.39 is 12.0 Å². The maximum absolute atomic E-state index is 11.1. The van der Waals surface area contributed by atoms with Crippen molar-refractivity contribution in [3.63, 3.8) is 0 Å². The molecule has 1 rings (SSSR count). The van der Waals surface area contributed by atoms with Gasteiger partial charge in [0.25, 0.3) is 0 Å². The van der Waals surface area contributed by atoms with Crippen LogP contribution >= 0.6 is 0 Å². The van der Waals surface area contributed by atoms with E-state index in [1.807, 2.05) is 53.7 Å². The van der Waals surface area contributed by atoms with Gasteiger partial charge in [0.1, 0.15) is 11.9 Å². The van der Waals surface area contributed by atoms with Crippen molar-refractivity contribution in [2.75, 3.05) is 0 Å². The summed E-state index contributed by atoms with van der Waals surface area (Å²) in [6.45, 7) is 12.1. The first-order valence-electron chi connectivity index (χ1n) is 7.18. The van der Waals surface area contributed by atoms with Crippen LogP contribution < -0.4 is 5.73 Å². The first-order valence-corrected chi connectivity index (χ1v) is 7.18. The van der Waals surface area contributed by atoms with Gasteiger partial charge in [0.15, 0.2) is 0 Å². The van der Waals surface area contributed by atoms with Gasteiger partial charge in [-0.2, -0.15) is 0 Å². The van der Waals surface area contributed by atoms with Gasteiger partial charge < -0.3 is 15.9 Å². The Morgan fingerprint density at radius 2 is 1.48 bits per heavy atom. The van der Waals surface area contributed by atoms with Gasteiger partial charge in [-0.1, -0.05) is 53.7 Å². The second-order valence-electron chi connectivity index (χ2n) is 7.66. The fourth-order valence-corrected chi connectivity index (χ4v) is 2.28. The zero-order valence-corrected chi connectivity index (χ0v) is 13.8. The van der Waals surface area contributed by atoms with Crippen molar-refractivity contribution in [2.45, 2.75) is 64.9 Å². The Labute approximate surface area is 127 Å². The van der Waals surface area contributed by atoms with Crippen LogP contribution in [-0.2, 0) is 22.0 Å². The van der Waals surface area contributed by atoms with Crippen molar-refractivity contribution in [1.29, 1.82) is 0 Å². The number of hydrogen-bond acceptors (Lipinski definition) is 3. The Morgan fingerprint density at radius 3 is 1.76 bits per heavy atom. The molecule has 0 fully saturated rings. The number of primary amides is 1. The molecule has 0 aliphatic heterocycles. The van der Waals surface area contributed by atoms with Gasteiger partial charge in [-0.15, -0.1) is 0 Å².